The predicted octanol–water partition coefficient (Wildman–Crippen LogP) is 4.40. The van der Waals surface area contributed by atoms with Crippen molar-refractivity contribution in [3.8, 4) is 17.2 Å². The molecule has 10 heteroatoms. The zero-order chi connectivity index (χ0) is 22.7. The highest BCUT2D eigenvalue weighted by Gasteiger charge is 2.27. The maximum Gasteiger partial charge on any atom is 0.331 e. The van der Waals surface area contributed by atoms with Crippen molar-refractivity contribution in [2.24, 2.45) is 0 Å². The van der Waals surface area contributed by atoms with Crippen LogP contribution in [-0.2, 0) is 9.59 Å². The number of carbonyl (C=O) groups is 2. The molecule has 0 aromatic heterocycles. The largest absolute Gasteiger partial charge is 0.455 e. The summed E-state index contributed by atoms with van der Waals surface area (Å²) < 4.78 is 10.9. The number of nitro benzene ring substituents is 1. The van der Waals surface area contributed by atoms with E-state index in [4.69, 9.17) is 21.1 Å². The monoisotopic (exact) mass is 453 g/mol. The van der Waals surface area contributed by atoms with Gasteiger partial charge < -0.3 is 19.7 Å². The van der Waals surface area contributed by atoms with Gasteiger partial charge in [-0.15, -0.1) is 0 Å². The number of halogens is 1. The van der Waals surface area contributed by atoms with Crippen molar-refractivity contribution in [2.75, 3.05) is 23.3 Å². The number of para-hydroxylation sites is 1. The minimum Gasteiger partial charge on any atom is -0.455 e. The Kier molecular flexibility index (Phi) is 5.91. The lowest BCUT2D eigenvalue weighted by Gasteiger charge is -2.29. The van der Waals surface area contributed by atoms with Gasteiger partial charge in [0.15, 0.2) is 11.5 Å². The van der Waals surface area contributed by atoms with Gasteiger partial charge >= 0.3 is 5.97 Å². The molecular weight excluding hydrogens is 438 g/mol. The highest BCUT2D eigenvalue weighted by Crippen LogP contribution is 2.36. The third-order valence-corrected chi connectivity index (χ3v) is 4.79. The Morgan fingerprint density at radius 1 is 1.16 bits per heavy atom. The number of esters is 1. The molecule has 0 aliphatic carbocycles. The average molecular weight is 454 g/mol. The molecule has 0 atom stereocenters. The van der Waals surface area contributed by atoms with Gasteiger partial charge in [0.05, 0.1) is 28.9 Å². The SMILES string of the molecule is O=C(CN1CC(=O)Oc2cc([N+](=O)[O-])ccc21)Nc1cc(Cl)ccc1Oc1ccccc1. The van der Waals surface area contributed by atoms with Crippen LogP contribution in [-0.4, -0.2) is 29.9 Å². The summed E-state index contributed by atoms with van der Waals surface area (Å²) in [6.07, 6.45) is 0. The Bertz CT molecular complexity index is 1200. The van der Waals surface area contributed by atoms with Crippen molar-refractivity contribution in [1.82, 2.24) is 0 Å². The van der Waals surface area contributed by atoms with Gasteiger partial charge in [0.25, 0.3) is 5.69 Å². The van der Waals surface area contributed by atoms with Crippen LogP contribution in [0, 0.1) is 10.1 Å². The highest BCUT2D eigenvalue weighted by molar-refractivity contribution is 6.31. The standard InChI is InChI=1S/C22H16ClN3O6/c23-14-6-9-19(31-16-4-2-1-3-5-16)17(10-14)24-21(27)12-25-13-22(28)32-20-11-15(26(29)30)7-8-18(20)25/h1-11H,12-13H2,(H,24,27). The zero-order valence-corrected chi connectivity index (χ0v) is 17.2. The first kappa shape index (κ1) is 21.1. The maximum absolute atomic E-state index is 12.8. The van der Waals surface area contributed by atoms with Crippen LogP contribution in [0.25, 0.3) is 0 Å². The smallest absolute Gasteiger partial charge is 0.331 e. The number of amides is 1. The number of anilines is 2. The predicted molar refractivity (Wildman–Crippen MR) is 118 cm³/mol. The van der Waals surface area contributed by atoms with Crippen molar-refractivity contribution in [3.63, 3.8) is 0 Å². The number of rotatable bonds is 6. The molecule has 1 N–H and O–H groups in total. The van der Waals surface area contributed by atoms with E-state index in [2.05, 4.69) is 5.32 Å². The third-order valence-electron chi connectivity index (χ3n) is 4.56. The van der Waals surface area contributed by atoms with Gasteiger partial charge in [0.2, 0.25) is 5.91 Å². The van der Waals surface area contributed by atoms with E-state index in [0.29, 0.717) is 27.9 Å². The summed E-state index contributed by atoms with van der Waals surface area (Å²) in [5.74, 6) is -0.0624. The van der Waals surface area contributed by atoms with E-state index in [0.717, 1.165) is 6.07 Å². The molecule has 0 saturated carbocycles. The molecule has 162 valence electrons. The fraction of sp³-hybridized carbons (Fsp3) is 0.0909. The maximum atomic E-state index is 12.8. The lowest BCUT2D eigenvalue weighted by atomic mass is 10.2. The Morgan fingerprint density at radius 2 is 1.94 bits per heavy atom. The van der Waals surface area contributed by atoms with E-state index in [9.17, 15) is 19.7 Å². The van der Waals surface area contributed by atoms with Crippen LogP contribution < -0.4 is 19.7 Å². The molecule has 0 saturated heterocycles. The number of benzene rings is 3. The van der Waals surface area contributed by atoms with Crippen LogP contribution in [0.1, 0.15) is 0 Å². The lowest BCUT2D eigenvalue weighted by Crippen LogP contribution is -2.41. The number of nitro groups is 1. The molecule has 0 spiro atoms. The summed E-state index contributed by atoms with van der Waals surface area (Å²) in [5, 5.41) is 14.1. The molecule has 1 amide bonds. The van der Waals surface area contributed by atoms with Gasteiger partial charge in [0, 0.05) is 11.1 Å². The minimum atomic E-state index is -0.623. The summed E-state index contributed by atoms with van der Waals surface area (Å²) in [6.45, 7) is -0.377. The molecule has 3 aromatic rings. The van der Waals surface area contributed by atoms with Crippen LogP contribution in [0.3, 0.4) is 0 Å². The van der Waals surface area contributed by atoms with E-state index in [1.807, 2.05) is 18.2 Å². The first-order valence-corrected chi connectivity index (χ1v) is 9.83. The fourth-order valence-corrected chi connectivity index (χ4v) is 3.34. The minimum absolute atomic E-state index is 0.0269. The Morgan fingerprint density at radius 3 is 2.69 bits per heavy atom. The fourth-order valence-electron chi connectivity index (χ4n) is 3.16. The average Bonchev–Trinajstić information content (AvgIpc) is 2.75. The number of nitrogens with one attached hydrogen (secondary N) is 1. The topological polar surface area (TPSA) is 111 Å². The first-order chi connectivity index (χ1) is 15.4. The van der Waals surface area contributed by atoms with Gasteiger partial charge in [-0.1, -0.05) is 29.8 Å². The van der Waals surface area contributed by atoms with E-state index in [-0.39, 0.29) is 24.5 Å². The van der Waals surface area contributed by atoms with Crippen molar-refractivity contribution >= 4 is 40.5 Å². The number of nitrogens with zero attached hydrogens (tertiary/aromatic N) is 2. The van der Waals surface area contributed by atoms with Gasteiger partial charge in [-0.05, 0) is 36.4 Å². The molecule has 32 heavy (non-hydrogen) atoms. The summed E-state index contributed by atoms with van der Waals surface area (Å²) >= 11 is 6.09. The van der Waals surface area contributed by atoms with Gasteiger partial charge in [-0.3, -0.25) is 14.9 Å². The Balaban J connectivity index is 1.53. The van der Waals surface area contributed by atoms with Crippen LogP contribution in [0.2, 0.25) is 5.02 Å². The zero-order valence-electron chi connectivity index (χ0n) is 16.5. The number of ether oxygens (including phenoxy) is 2. The van der Waals surface area contributed by atoms with Crippen molar-refractivity contribution in [1.29, 1.82) is 0 Å². The number of non-ortho nitro benzene ring substituents is 1. The molecule has 4 rings (SSSR count). The quantitative estimate of drug-likeness (QED) is 0.255. The Labute approximate surface area is 187 Å². The van der Waals surface area contributed by atoms with Crippen molar-refractivity contribution in [2.45, 2.75) is 0 Å². The lowest BCUT2D eigenvalue weighted by molar-refractivity contribution is -0.384. The molecule has 1 aliphatic heterocycles. The van der Waals surface area contributed by atoms with Crippen LogP contribution >= 0.6 is 11.6 Å². The molecule has 0 unspecified atom stereocenters. The van der Waals surface area contributed by atoms with E-state index in [1.54, 1.807) is 30.3 Å². The number of hydrogen-bond donors (Lipinski definition) is 1. The van der Waals surface area contributed by atoms with Gasteiger partial charge in [-0.25, -0.2) is 4.79 Å². The van der Waals surface area contributed by atoms with Crippen LogP contribution in [0.5, 0.6) is 17.2 Å². The van der Waals surface area contributed by atoms with Gasteiger partial charge in [0.1, 0.15) is 12.3 Å². The number of carbonyl (C=O) groups excluding carboxylic acids is 2. The second-order valence-electron chi connectivity index (χ2n) is 6.84. The summed E-state index contributed by atoms with van der Waals surface area (Å²) in [6, 6.07) is 17.7. The normalized spacial score (nSPS) is 12.5. The molecule has 0 radical (unpaired) electrons. The van der Waals surface area contributed by atoms with Crippen LogP contribution in [0.4, 0.5) is 17.1 Å². The summed E-state index contributed by atoms with van der Waals surface area (Å²) in [5.41, 5.74) is 0.538. The van der Waals surface area contributed by atoms with Gasteiger partial charge in [-0.2, -0.15) is 0 Å². The molecule has 9 nitrogen and oxygen atoms in total. The second-order valence-corrected chi connectivity index (χ2v) is 7.28. The molecule has 0 bridgehead atoms. The molecule has 1 aliphatic rings. The first-order valence-electron chi connectivity index (χ1n) is 9.45. The molecule has 3 aromatic carbocycles. The van der Waals surface area contributed by atoms with Crippen LogP contribution in [0.15, 0.2) is 66.7 Å². The van der Waals surface area contributed by atoms with E-state index in [1.165, 1.54) is 17.0 Å². The summed E-state index contributed by atoms with van der Waals surface area (Å²) in [7, 11) is 0. The van der Waals surface area contributed by atoms with Crippen molar-refractivity contribution < 1.29 is 24.0 Å². The molecular formula is C22H16ClN3O6. The number of fused-ring (bicyclic) bond motifs is 1. The molecule has 1 heterocycles. The van der Waals surface area contributed by atoms with E-state index >= 15 is 0 Å². The van der Waals surface area contributed by atoms with Crippen molar-refractivity contribution in [3.05, 3.63) is 81.9 Å². The second kappa shape index (κ2) is 8.94. The van der Waals surface area contributed by atoms with E-state index < -0.39 is 16.8 Å². The highest BCUT2D eigenvalue weighted by atomic mass is 35.5. The number of hydrogen-bond acceptors (Lipinski definition) is 7. The Hall–Kier alpha value is -4.11. The summed E-state index contributed by atoms with van der Waals surface area (Å²) in [4.78, 5) is 36.6. The third kappa shape index (κ3) is 4.79. The molecule has 0 fully saturated rings.